The highest BCUT2D eigenvalue weighted by atomic mass is 16.5. The number of ether oxygens (including phenoxy) is 1. The van der Waals surface area contributed by atoms with Gasteiger partial charge in [0.05, 0.1) is 37.7 Å². The number of hydrogen-bond donors (Lipinski definition) is 0. The van der Waals surface area contributed by atoms with E-state index in [-0.39, 0.29) is 11.8 Å². The maximum absolute atomic E-state index is 13.6. The fourth-order valence-corrected chi connectivity index (χ4v) is 4.30. The molecule has 7 heteroatoms. The van der Waals surface area contributed by atoms with E-state index in [9.17, 15) is 9.59 Å². The zero-order valence-electron chi connectivity index (χ0n) is 18.4. The first-order chi connectivity index (χ1) is 16.2. The Bertz CT molecular complexity index is 1200. The van der Waals surface area contributed by atoms with E-state index < -0.39 is 0 Å². The van der Waals surface area contributed by atoms with Gasteiger partial charge in [0.1, 0.15) is 18.8 Å². The van der Waals surface area contributed by atoms with Crippen molar-refractivity contribution in [3.63, 3.8) is 0 Å². The van der Waals surface area contributed by atoms with E-state index in [2.05, 4.69) is 20.9 Å². The molecule has 3 aromatic rings. The van der Waals surface area contributed by atoms with Crippen LogP contribution >= 0.6 is 0 Å². The number of methoxy groups -OCH3 is 1. The molecule has 33 heavy (non-hydrogen) atoms. The first-order valence-corrected chi connectivity index (χ1v) is 11.0. The van der Waals surface area contributed by atoms with Crippen LogP contribution in [0.15, 0.2) is 79.1 Å². The lowest BCUT2D eigenvalue weighted by Crippen LogP contribution is -2.47. The molecule has 0 radical (unpaired) electrons. The van der Waals surface area contributed by atoms with Gasteiger partial charge in [-0.25, -0.2) is 9.88 Å². The summed E-state index contributed by atoms with van der Waals surface area (Å²) < 4.78 is 5.22. The van der Waals surface area contributed by atoms with E-state index in [1.807, 2.05) is 42.7 Å². The second-order valence-electron chi connectivity index (χ2n) is 8.00. The fraction of sp³-hybridized carbons (Fsp3) is 0.192. The molecular weight excluding hydrogens is 416 g/mol. The molecule has 1 N–H and O–H groups in total. The number of imide groups is 1. The summed E-state index contributed by atoms with van der Waals surface area (Å²) in [5, 5.41) is 0. The number of aromatic nitrogens is 1. The first-order valence-electron chi connectivity index (χ1n) is 11.0. The molecule has 7 nitrogen and oxygen atoms in total. The van der Waals surface area contributed by atoms with E-state index in [0.29, 0.717) is 28.1 Å². The average Bonchev–Trinajstić information content (AvgIpc) is 2.88. The van der Waals surface area contributed by atoms with Crippen LogP contribution in [0.1, 0.15) is 15.9 Å². The molecule has 0 atom stereocenters. The van der Waals surface area contributed by atoms with Crippen molar-refractivity contribution in [3.05, 3.63) is 90.3 Å². The number of nitrogens with one attached hydrogen (secondary N) is 1. The molecule has 2 amide bonds. The summed E-state index contributed by atoms with van der Waals surface area (Å²) >= 11 is 0. The Morgan fingerprint density at radius 3 is 2.18 bits per heavy atom. The number of hydrogen-bond acceptors (Lipinski definition) is 5. The third kappa shape index (κ3) is 3.93. The maximum Gasteiger partial charge on any atom is 0.274 e. The molecule has 1 saturated heterocycles. The normalized spacial score (nSPS) is 17.4. The van der Waals surface area contributed by atoms with E-state index >= 15 is 0 Å². The van der Waals surface area contributed by atoms with Crippen LogP contribution in [0.25, 0.3) is 5.57 Å². The van der Waals surface area contributed by atoms with Gasteiger partial charge in [-0.3, -0.25) is 14.5 Å². The highest BCUT2D eigenvalue weighted by Gasteiger charge is 2.36. The molecule has 0 unspecified atom stereocenters. The van der Waals surface area contributed by atoms with Gasteiger partial charge >= 0.3 is 0 Å². The summed E-state index contributed by atoms with van der Waals surface area (Å²) in [6, 6.07) is 20.3. The molecule has 3 heterocycles. The van der Waals surface area contributed by atoms with Crippen LogP contribution in [0, 0.1) is 0 Å². The number of carbonyl (C=O) groups excluding carboxylic acids is 2. The SMILES string of the molecule is COc1ccc(N2C(=O)/C(=C\N3CCN(c4cccc[nH+]4)CC3)c3ccccc3C2=O)cc1. The van der Waals surface area contributed by atoms with Gasteiger partial charge in [-0.05, 0) is 36.4 Å². The minimum atomic E-state index is -0.317. The molecule has 0 saturated carbocycles. The number of nitrogens with zero attached hydrogens (tertiary/aromatic N) is 3. The Hall–Kier alpha value is -4.13. The second kappa shape index (κ2) is 8.78. The number of fused-ring (bicyclic) bond motifs is 1. The summed E-state index contributed by atoms with van der Waals surface area (Å²) in [6.45, 7) is 3.22. The van der Waals surface area contributed by atoms with Crippen molar-refractivity contribution >= 4 is 28.9 Å². The van der Waals surface area contributed by atoms with Crippen molar-refractivity contribution in [1.29, 1.82) is 0 Å². The highest BCUT2D eigenvalue weighted by Crippen LogP contribution is 2.33. The van der Waals surface area contributed by atoms with Gasteiger partial charge in [-0.2, -0.15) is 0 Å². The second-order valence-corrected chi connectivity index (χ2v) is 8.00. The molecule has 2 aliphatic heterocycles. The number of piperazine rings is 1. The van der Waals surface area contributed by atoms with Gasteiger partial charge < -0.3 is 9.64 Å². The molecular formula is C26H25N4O3+. The maximum atomic E-state index is 13.6. The smallest absolute Gasteiger partial charge is 0.274 e. The summed E-state index contributed by atoms with van der Waals surface area (Å²) in [7, 11) is 1.58. The van der Waals surface area contributed by atoms with Crippen molar-refractivity contribution < 1.29 is 19.3 Å². The van der Waals surface area contributed by atoms with Gasteiger partial charge in [0, 0.05) is 23.4 Å². The number of H-pyrrole nitrogens is 1. The largest absolute Gasteiger partial charge is 0.497 e. The third-order valence-electron chi connectivity index (χ3n) is 6.07. The van der Waals surface area contributed by atoms with Crippen molar-refractivity contribution in [2.24, 2.45) is 0 Å². The van der Waals surface area contributed by atoms with Crippen LogP contribution < -0.4 is 19.5 Å². The van der Waals surface area contributed by atoms with Crippen LogP contribution in [0.2, 0.25) is 0 Å². The zero-order valence-corrected chi connectivity index (χ0v) is 18.4. The predicted molar refractivity (Wildman–Crippen MR) is 126 cm³/mol. The van der Waals surface area contributed by atoms with Crippen molar-refractivity contribution in [1.82, 2.24) is 4.90 Å². The summed E-state index contributed by atoms with van der Waals surface area (Å²) in [4.78, 5) is 35.8. The molecule has 5 rings (SSSR count). The zero-order chi connectivity index (χ0) is 22.8. The van der Waals surface area contributed by atoms with Crippen molar-refractivity contribution in [2.45, 2.75) is 0 Å². The molecule has 2 aliphatic rings. The first kappa shape index (κ1) is 20.8. The average molecular weight is 442 g/mol. The number of anilines is 2. The number of carbonyl (C=O) groups is 2. The van der Waals surface area contributed by atoms with E-state index in [1.165, 1.54) is 4.90 Å². The van der Waals surface area contributed by atoms with Gasteiger partial charge in [0.25, 0.3) is 17.6 Å². The number of rotatable bonds is 4. The van der Waals surface area contributed by atoms with Gasteiger partial charge in [-0.15, -0.1) is 0 Å². The lowest BCUT2D eigenvalue weighted by Gasteiger charge is -2.33. The Kier molecular flexibility index (Phi) is 5.52. The summed E-state index contributed by atoms with van der Waals surface area (Å²) in [6.07, 6.45) is 3.84. The van der Waals surface area contributed by atoms with Crippen LogP contribution in [-0.2, 0) is 4.79 Å². The Balaban J connectivity index is 1.44. The topological polar surface area (TPSA) is 67.2 Å². The molecule has 0 bridgehead atoms. The Morgan fingerprint density at radius 1 is 0.818 bits per heavy atom. The van der Waals surface area contributed by atoms with Crippen LogP contribution in [-0.4, -0.2) is 50.0 Å². The van der Waals surface area contributed by atoms with Gasteiger partial charge in [0.2, 0.25) is 0 Å². The molecule has 0 aliphatic carbocycles. The molecule has 0 spiro atoms. The van der Waals surface area contributed by atoms with E-state index in [4.69, 9.17) is 4.74 Å². The summed E-state index contributed by atoms with van der Waals surface area (Å²) in [5.74, 6) is 1.12. The number of benzene rings is 2. The third-order valence-corrected chi connectivity index (χ3v) is 6.07. The number of amides is 2. The summed E-state index contributed by atoms with van der Waals surface area (Å²) in [5.41, 5.74) is 2.25. The predicted octanol–water partition coefficient (Wildman–Crippen LogP) is 2.86. The Morgan fingerprint density at radius 2 is 1.52 bits per heavy atom. The number of aromatic amines is 1. The minimum Gasteiger partial charge on any atom is -0.497 e. The monoisotopic (exact) mass is 441 g/mol. The van der Waals surface area contributed by atoms with Gasteiger partial charge in [-0.1, -0.05) is 24.3 Å². The lowest BCUT2D eigenvalue weighted by molar-refractivity contribution is -0.364. The minimum absolute atomic E-state index is 0.317. The van der Waals surface area contributed by atoms with Crippen molar-refractivity contribution in [2.75, 3.05) is 43.1 Å². The van der Waals surface area contributed by atoms with Crippen LogP contribution in [0.4, 0.5) is 11.5 Å². The molecule has 1 aromatic heterocycles. The molecule has 166 valence electrons. The van der Waals surface area contributed by atoms with Crippen LogP contribution in [0.5, 0.6) is 5.75 Å². The van der Waals surface area contributed by atoms with E-state index in [0.717, 1.165) is 32.0 Å². The van der Waals surface area contributed by atoms with E-state index in [1.54, 1.807) is 37.4 Å². The van der Waals surface area contributed by atoms with Gasteiger partial charge in [0.15, 0.2) is 0 Å². The fourth-order valence-electron chi connectivity index (χ4n) is 4.30. The van der Waals surface area contributed by atoms with Crippen molar-refractivity contribution in [3.8, 4) is 5.75 Å². The van der Waals surface area contributed by atoms with Crippen LogP contribution in [0.3, 0.4) is 0 Å². The molecule has 2 aromatic carbocycles. The molecule has 1 fully saturated rings. The quantitative estimate of drug-likeness (QED) is 0.460. The highest BCUT2D eigenvalue weighted by molar-refractivity contribution is 6.41. The Labute approximate surface area is 192 Å². The lowest BCUT2D eigenvalue weighted by atomic mass is 9.93. The number of pyridine rings is 1. The standard InChI is InChI=1S/C26H24N4O3/c1-33-20-11-9-19(10-12-20)30-25(31)22-7-3-2-6-21(22)23(26(30)32)18-28-14-16-29(17-15-28)24-8-4-5-13-27-24/h2-13,18H,14-17H2,1H3/p+1/b23-18-.